The maximum Gasteiger partial charge on any atom is 0.326 e. The number of hydrogen-bond acceptors (Lipinski definition) is 4. The molecule has 11 heteroatoms. The second-order valence-corrected chi connectivity index (χ2v) is 3.87. The van der Waals surface area contributed by atoms with Gasteiger partial charge in [-0.2, -0.15) is 4.99 Å². The number of hydrogen-bond donors (Lipinski definition) is 6. The van der Waals surface area contributed by atoms with Gasteiger partial charge in [-0.3, -0.25) is 15.5 Å². The monoisotopic (exact) mass is 287 g/mol. The standard InChI is InChI=1S/C5H6N2O4.C4H11N5/c8-3-1-2(4(9)10)6-5(11)7-3;1-9(2)4(7)8-3(5)6/h2H,1H2,(H,9,10)(H2,6,7,8,11);1-2H3,(H5,5,6,7,8). The van der Waals surface area contributed by atoms with Crippen LogP contribution in [0.3, 0.4) is 0 Å². The molecule has 1 rings (SSSR count). The molecule has 0 radical (unpaired) electrons. The summed E-state index contributed by atoms with van der Waals surface area (Å²) in [5, 5.41) is 19.1. The van der Waals surface area contributed by atoms with Crippen molar-refractivity contribution in [2.24, 2.45) is 16.5 Å². The highest BCUT2D eigenvalue weighted by atomic mass is 16.4. The fourth-order valence-corrected chi connectivity index (χ4v) is 0.981. The molecule has 1 atom stereocenters. The van der Waals surface area contributed by atoms with Gasteiger partial charge in [-0.1, -0.05) is 0 Å². The minimum Gasteiger partial charge on any atom is -0.480 e. The van der Waals surface area contributed by atoms with E-state index in [0.717, 1.165) is 0 Å². The van der Waals surface area contributed by atoms with Crippen molar-refractivity contribution >= 4 is 29.8 Å². The molecule has 112 valence electrons. The van der Waals surface area contributed by atoms with Gasteiger partial charge in [-0.15, -0.1) is 0 Å². The normalized spacial score (nSPS) is 18.1. The third-order valence-electron chi connectivity index (χ3n) is 1.94. The van der Waals surface area contributed by atoms with Crippen LogP contribution in [0.1, 0.15) is 6.42 Å². The highest BCUT2D eigenvalue weighted by Crippen LogP contribution is 1.97. The molecule has 0 aromatic rings. The smallest absolute Gasteiger partial charge is 0.326 e. The number of nitrogens with zero attached hydrogens (tertiary/aromatic N) is 2. The molecule has 1 saturated heterocycles. The van der Waals surface area contributed by atoms with Gasteiger partial charge in [0.2, 0.25) is 11.9 Å². The van der Waals surface area contributed by atoms with E-state index in [2.05, 4.69) is 10.3 Å². The Bertz CT molecular complexity index is 430. The molecule has 0 aliphatic carbocycles. The summed E-state index contributed by atoms with van der Waals surface area (Å²) in [6, 6.07) is -1.84. The molecule has 0 aromatic carbocycles. The largest absolute Gasteiger partial charge is 0.480 e. The number of carbonyl (C=O) groups excluding carboxylic acids is 2. The Balaban J connectivity index is 0.000000370. The number of imide groups is 1. The Morgan fingerprint density at radius 2 is 2.00 bits per heavy atom. The van der Waals surface area contributed by atoms with Crippen LogP contribution in [0.4, 0.5) is 4.79 Å². The zero-order chi connectivity index (χ0) is 15.9. The minimum atomic E-state index is -1.20. The summed E-state index contributed by atoms with van der Waals surface area (Å²) in [5.41, 5.74) is 10.2. The molecule has 1 aliphatic rings. The van der Waals surface area contributed by atoms with Gasteiger partial charge in [-0.25, -0.2) is 9.59 Å². The number of nitrogens with one attached hydrogen (secondary N) is 3. The number of aliphatic imine (C=N–C) groups is 1. The molecular formula is C9H17N7O4. The van der Waals surface area contributed by atoms with Gasteiger partial charge in [0.05, 0.1) is 6.42 Å². The first kappa shape index (κ1) is 17.2. The first-order chi connectivity index (χ1) is 9.13. The lowest BCUT2D eigenvalue weighted by Crippen LogP contribution is -2.55. The molecule has 0 aromatic heterocycles. The molecule has 3 amide bonds. The predicted molar refractivity (Wildman–Crippen MR) is 69.9 cm³/mol. The van der Waals surface area contributed by atoms with E-state index in [1.165, 1.54) is 0 Å². The van der Waals surface area contributed by atoms with Crippen molar-refractivity contribution in [3.8, 4) is 0 Å². The molecule has 20 heavy (non-hydrogen) atoms. The van der Waals surface area contributed by atoms with Crippen LogP contribution >= 0.6 is 0 Å². The highest BCUT2D eigenvalue weighted by Gasteiger charge is 2.28. The predicted octanol–water partition coefficient (Wildman–Crippen LogP) is -2.57. The van der Waals surface area contributed by atoms with Crippen LogP contribution < -0.4 is 22.1 Å². The Labute approximate surface area is 114 Å². The van der Waals surface area contributed by atoms with Gasteiger partial charge in [0, 0.05) is 14.1 Å². The number of carboxylic acid groups (broad SMARTS) is 1. The van der Waals surface area contributed by atoms with Crippen LogP contribution in [0.2, 0.25) is 0 Å². The van der Waals surface area contributed by atoms with Gasteiger partial charge in [0.25, 0.3) is 0 Å². The lowest BCUT2D eigenvalue weighted by molar-refractivity contribution is -0.141. The van der Waals surface area contributed by atoms with E-state index in [-0.39, 0.29) is 18.3 Å². The number of carboxylic acids is 1. The summed E-state index contributed by atoms with van der Waals surface area (Å²) in [7, 11) is 3.45. The summed E-state index contributed by atoms with van der Waals surface area (Å²) in [4.78, 5) is 36.3. The van der Waals surface area contributed by atoms with Gasteiger partial charge >= 0.3 is 12.0 Å². The fraction of sp³-hybridized carbons (Fsp3) is 0.444. The average molecular weight is 287 g/mol. The van der Waals surface area contributed by atoms with Gasteiger partial charge < -0.3 is 26.8 Å². The number of urea groups is 1. The zero-order valence-corrected chi connectivity index (χ0v) is 11.0. The molecular weight excluding hydrogens is 270 g/mol. The van der Waals surface area contributed by atoms with Crippen LogP contribution in [0.25, 0.3) is 0 Å². The Morgan fingerprint density at radius 1 is 1.45 bits per heavy atom. The number of guanidine groups is 2. The third-order valence-corrected chi connectivity index (χ3v) is 1.94. The zero-order valence-electron chi connectivity index (χ0n) is 11.0. The summed E-state index contributed by atoms with van der Waals surface area (Å²) < 4.78 is 0. The summed E-state index contributed by atoms with van der Waals surface area (Å²) in [6.45, 7) is 0. The fourth-order valence-electron chi connectivity index (χ4n) is 0.981. The Morgan fingerprint density at radius 3 is 2.30 bits per heavy atom. The SMILES string of the molecule is CN(C)/C(N)=N/C(=N)N.O=C1CC(C(=O)O)NC(=O)N1. The molecule has 1 aliphatic heterocycles. The number of rotatable bonds is 1. The quantitative estimate of drug-likeness (QED) is 0.225. The average Bonchev–Trinajstić information content (AvgIpc) is 2.27. The number of aliphatic carboxylic acids is 1. The molecule has 8 N–H and O–H groups in total. The molecule has 1 fully saturated rings. The number of nitrogens with two attached hydrogens (primary N) is 2. The van der Waals surface area contributed by atoms with Crippen LogP contribution in [0.5, 0.6) is 0 Å². The van der Waals surface area contributed by atoms with Gasteiger partial charge in [-0.05, 0) is 0 Å². The lowest BCUT2D eigenvalue weighted by Gasteiger charge is -2.18. The van der Waals surface area contributed by atoms with Crippen molar-refractivity contribution in [2.75, 3.05) is 14.1 Å². The first-order valence-corrected chi connectivity index (χ1v) is 5.32. The van der Waals surface area contributed by atoms with E-state index in [1.54, 1.807) is 19.0 Å². The Kier molecular flexibility index (Phi) is 6.48. The maximum atomic E-state index is 10.6. The molecule has 11 nitrogen and oxygen atoms in total. The topological polar surface area (TPSA) is 187 Å². The van der Waals surface area contributed by atoms with E-state index in [4.69, 9.17) is 22.0 Å². The van der Waals surface area contributed by atoms with Gasteiger partial charge in [0.1, 0.15) is 6.04 Å². The van der Waals surface area contributed by atoms with Crippen molar-refractivity contribution in [2.45, 2.75) is 12.5 Å². The summed E-state index contributed by atoms with van der Waals surface area (Å²) in [6.07, 6.45) is -0.207. The van der Waals surface area contributed by atoms with Crippen molar-refractivity contribution in [3.63, 3.8) is 0 Å². The first-order valence-electron chi connectivity index (χ1n) is 5.32. The lowest BCUT2D eigenvalue weighted by atomic mass is 10.2. The van der Waals surface area contributed by atoms with Crippen molar-refractivity contribution in [1.29, 1.82) is 5.41 Å². The van der Waals surface area contributed by atoms with Crippen molar-refractivity contribution in [3.05, 3.63) is 0 Å². The van der Waals surface area contributed by atoms with Crippen LogP contribution in [-0.2, 0) is 9.59 Å². The molecule has 1 unspecified atom stereocenters. The molecule has 0 spiro atoms. The number of carbonyl (C=O) groups is 3. The van der Waals surface area contributed by atoms with Crippen molar-refractivity contribution < 1.29 is 19.5 Å². The van der Waals surface area contributed by atoms with Crippen LogP contribution in [0.15, 0.2) is 4.99 Å². The van der Waals surface area contributed by atoms with Crippen LogP contribution in [0, 0.1) is 5.41 Å². The third kappa shape index (κ3) is 6.78. The van der Waals surface area contributed by atoms with E-state index in [9.17, 15) is 14.4 Å². The van der Waals surface area contributed by atoms with Gasteiger partial charge in [0.15, 0.2) is 5.96 Å². The molecule has 0 bridgehead atoms. The second kappa shape index (κ2) is 7.56. The number of amides is 3. The molecule has 0 saturated carbocycles. The summed E-state index contributed by atoms with van der Waals surface area (Å²) in [5.74, 6) is -1.81. The van der Waals surface area contributed by atoms with E-state index < -0.39 is 23.9 Å². The molecule has 1 heterocycles. The van der Waals surface area contributed by atoms with Crippen molar-refractivity contribution in [1.82, 2.24) is 15.5 Å². The second-order valence-electron chi connectivity index (χ2n) is 3.87. The van der Waals surface area contributed by atoms with E-state index in [1.807, 2.05) is 5.32 Å². The highest BCUT2D eigenvalue weighted by molar-refractivity contribution is 6.01. The van der Waals surface area contributed by atoms with E-state index in [0.29, 0.717) is 0 Å². The summed E-state index contributed by atoms with van der Waals surface area (Å²) >= 11 is 0. The van der Waals surface area contributed by atoms with E-state index >= 15 is 0 Å². The Hall–Kier alpha value is -2.85. The minimum absolute atomic E-state index is 0.207. The van der Waals surface area contributed by atoms with Crippen LogP contribution in [-0.4, -0.2) is 60.0 Å². The maximum absolute atomic E-state index is 10.6.